The molecule has 0 radical (unpaired) electrons. The van der Waals surface area contributed by atoms with Gasteiger partial charge in [-0.25, -0.2) is 0 Å². The molecular formula is C19H20N4O3. The van der Waals surface area contributed by atoms with E-state index in [0.717, 1.165) is 22.2 Å². The molecule has 3 N–H and O–H groups in total. The average Bonchev–Trinajstić information content (AvgIpc) is 2.94. The number of nitro benzene ring substituents is 1. The maximum atomic E-state index is 12.2. The molecule has 1 amide bonds. The van der Waals surface area contributed by atoms with Gasteiger partial charge in [-0.15, -0.1) is 0 Å². The van der Waals surface area contributed by atoms with E-state index in [0.29, 0.717) is 25.2 Å². The van der Waals surface area contributed by atoms with E-state index in [1.165, 1.54) is 6.07 Å². The van der Waals surface area contributed by atoms with Crippen molar-refractivity contribution in [3.8, 4) is 0 Å². The molecule has 7 heteroatoms. The second-order valence-corrected chi connectivity index (χ2v) is 6.00. The summed E-state index contributed by atoms with van der Waals surface area (Å²) < 4.78 is 0. The summed E-state index contributed by atoms with van der Waals surface area (Å²) in [5, 5.41) is 17.9. The number of aryl methyl sites for hydroxylation is 1. The Labute approximate surface area is 150 Å². The van der Waals surface area contributed by atoms with Crippen molar-refractivity contribution in [2.24, 2.45) is 0 Å². The zero-order valence-corrected chi connectivity index (χ0v) is 14.4. The third kappa shape index (κ3) is 3.83. The Bertz CT molecular complexity index is 949. The smallest absolute Gasteiger partial charge is 0.292 e. The van der Waals surface area contributed by atoms with Crippen LogP contribution in [0.5, 0.6) is 0 Å². The summed E-state index contributed by atoms with van der Waals surface area (Å²) in [7, 11) is 0. The fourth-order valence-corrected chi connectivity index (χ4v) is 2.97. The molecule has 0 unspecified atom stereocenters. The first-order chi connectivity index (χ1) is 12.6. The number of anilines is 1. The number of aromatic nitrogens is 1. The fraction of sp³-hybridized carbons (Fsp3) is 0.211. The van der Waals surface area contributed by atoms with Crippen LogP contribution in [-0.4, -0.2) is 28.9 Å². The minimum atomic E-state index is -0.430. The Morgan fingerprint density at radius 3 is 2.65 bits per heavy atom. The van der Waals surface area contributed by atoms with Gasteiger partial charge in [0.05, 0.1) is 11.3 Å². The number of carbonyl (C=O) groups excluding carboxylic acids is 1. The van der Waals surface area contributed by atoms with Crippen molar-refractivity contribution < 1.29 is 9.72 Å². The molecule has 7 nitrogen and oxygen atoms in total. The van der Waals surface area contributed by atoms with Gasteiger partial charge in [0.1, 0.15) is 5.69 Å². The number of para-hydroxylation sites is 3. The number of benzene rings is 2. The molecule has 0 atom stereocenters. The lowest BCUT2D eigenvalue weighted by Crippen LogP contribution is -2.30. The lowest BCUT2D eigenvalue weighted by Gasteiger charge is -2.08. The Kier molecular flexibility index (Phi) is 5.17. The number of hydrogen-bond acceptors (Lipinski definition) is 4. The van der Waals surface area contributed by atoms with Gasteiger partial charge in [-0.1, -0.05) is 30.3 Å². The molecule has 0 bridgehead atoms. The number of H-pyrrole nitrogens is 1. The predicted molar refractivity (Wildman–Crippen MR) is 101 cm³/mol. The number of amides is 1. The average molecular weight is 352 g/mol. The highest BCUT2D eigenvalue weighted by Gasteiger charge is 2.13. The molecule has 0 saturated carbocycles. The largest absolute Gasteiger partial charge is 0.378 e. The summed E-state index contributed by atoms with van der Waals surface area (Å²) in [4.78, 5) is 26.1. The molecule has 134 valence electrons. The second kappa shape index (κ2) is 7.69. The van der Waals surface area contributed by atoms with Gasteiger partial charge in [0.2, 0.25) is 5.91 Å². The van der Waals surface area contributed by atoms with Gasteiger partial charge in [0.25, 0.3) is 5.69 Å². The standard InChI is InChI=1S/C19H20N4O3/c1-13-15(14-6-2-3-7-16(14)22-13)12-19(24)21-11-10-20-17-8-4-5-9-18(17)23(25)26/h2-9,20,22H,10-12H2,1H3,(H,21,24). The Hall–Kier alpha value is -3.35. The number of nitrogens with one attached hydrogen (secondary N) is 3. The van der Waals surface area contributed by atoms with E-state index in [9.17, 15) is 14.9 Å². The lowest BCUT2D eigenvalue weighted by atomic mass is 10.1. The predicted octanol–water partition coefficient (Wildman–Crippen LogP) is 3.16. The number of hydrogen-bond donors (Lipinski definition) is 3. The first-order valence-corrected chi connectivity index (χ1v) is 8.36. The fourth-order valence-electron chi connectivity index (χ4n) is 2.97. The van der Waals surface area contributed by atoms with Gasteiger partial charge in [0.15, 0.2) is 0 Å². The van der Waals surface area contributed by atoms with Crippen LogP contribution in [0.2, 0.25) is 0 Å². The number of nitrogens with zero attached hydrogens (tertiary/aromatic N) is 1. The minimum absolute atomic E-state index is 0.0215. The van der Waals surface area contributed by atoms with Crippen molar-refractivity contribution in [2.45, 2.75) is 13.3 Å². The Balaban J connectivity index is 1.54. The highest BCUT2D eigenvalue weighted by molar-refractivity contribution is 5.90. The van der Waals surface area contributed by atoms with Gasteiger partial charge in [0, 0.05) is 35.8 Å². The first-order valence-electron chi connectivity index (χ1n) is 8.36. The maximum Gasteiger partial charge on any atom is 0.292 e. The maximum absolute atomic E-state index is 12.2. The molecule has 1 heterocycles. The van der Waals surface area contributed by atoms with Gasteiger partial charge >= 0.3 is 0 Å². The summed E-state index contributed by atoms with van der Waals surface area (Å²) >= 11 is 0. The summed E-state index contributed by atoms with van der Waals surface area (Å²) in [6.45, 7) is 2.74. The molecule has 0 aliphatic carbocycles. The van der Waals surface area contributed by atoms with Crippen LogP contribution >= 0.6 is 0 Å². The molecule has 0 aliphatic heterocycles. The Morgan fingerprint density at radius 1 is 1.12 bits per heavy atom. The summed E-state index contributed by atoms with van der Waals surface area (Å²) in [5.41, 5.74) is 3.46. The number of fused-ring (bicyclic) bond motifs is 1. The quantitative estimate of drug-likeness (QED) is 0.345. The molecule has 0 saturated heterocycles. The van der Waals surface area contributed by atoms with Crippen molar-refractivity contribution in [3.05, 3.63) is 69.9 Å². The summed E-state index contributed by atoms with van der Waals surface area (Å²) in [5.74, 6) is -0.0813. The highest BCUT2D eigenvalue weighted by Crippen LogP contribution is 2.23. The van der Waals surface area contributed by atoms with E-state index in [2.05, 4.69) is 15.6 Å². The molecule has 1 aromatic heterocycles. The molecule has 0 spiro atoms. The zero-order chi connectivity index (χ0) is 18.5. The van der Waals surface area contributed by atoms with E-state index in [4.69, 9.17) is 0 Å². The normalized spacial score (nSPS) is 10.7. The number of rotatable bonds is 7. The van der Waals surface area contributed by atoms with Gasteiger partial charge in [-0.3, -0.25) is 14.9 Å². The number of nitro groups is 1. The van der Waals surface area contributed by atoms with E-state index in [-0.39, 0.29) is 11.6 Å². The van der Waals surface area contributed by atoms with Gasteiger partial charge in [-0.05, 0) is 24.6 Å². The third-order valence-electron chi connectivity index (χ3n) is 4.23. The topological polar surface area (TPSA) is 100 Å². The highest BCUT2D eigenvalue weighted by atomic mass is 16.6. The van der Waals surface area contributed by atoms with E-state index in [1.54, 1.807) is 18.2 Å². The lowest BCUT2D eigenvalue weighted by molar-refractivity contribution is -0.384. The van der Waals surface area contributed by atoms with Crippen LogP contribution in [0.25, 0.3) is 10.9 Å². The molecule has 26 heavy (non-hydrogen) atoms. The molecule has 3 aromatic rings. The minimum Gasteiger partial charge on any atom is -0.378 e. The third-order valence-corrected chi connectivity index (χ3v) is 4.23. The molecule has 3 rings (SSSR count). The van der Waals surface area contributed by atoms with Gasteiger partial charge in [-0.2, -0.15) is 0 Å². The molecule has 0 aliphatic rings. The van der Waals surface area contributed by atoms with Crippen LogP contribution < -0.4 is 10.6 Å². The first kappa shape index (κ1) is 17.5. The molecule has 0 fully saturated rings. The zero-order valence-electron chi connectivity index (χ0n) is 14.4. The van der Waals surface area contributed by atoms with Crippen LogP contribution in [0.1, 0.15) is 11.3 Å². The second-order valence-electron chi connectivity index (χ2n) is 6.00. The number of carbonyl (C=O) groups is 1. The Morgan fingerprint density at radius 2 is 1.85 bits per heavy atom. The van der Waals surface area contributed by atoms with Crippen molar-refractivity contribution in [3.63, 3.8) is 0 Å². The van der Waals surface area contributed by atoms with Crippen molar-refractivity contribution in [1.29, 1.82) is 0 Å². The van der Waals surface area contributed by atoms with Crippen LogP contribution in [0, 0.1) is 17.0 Å². The van der Waals surface area contributed by atoms with E-state index in [1.807, 2.05) is 31.2 Å². The summed E-state index contributed by atoms with van der Waals surface area (Å²) in [6.07, 6.45) is 0.293. The van der Waals surface area contributed by atoms with E-state index >= 15 is 0 Å². The van der Waals surface area contributed by atoms with Crippen molar-refractivity contribution in [1.82, 2.24) is 10.3 Å². The summed E-state index contributed by atoms with van der Waals surface area (Å²) in [6, 6.07) is 14.3. The van der Waals surface area contributed by atoms with E-state index < -0.39 is 4.92 Å². The van der Waals surface area contributed by atoms with Crippen LogP contribution in [0.3, 0.4) is 0 Å². The SMILES string of the molecule is Cc1[nH]c2ccccc2c1CC(=O)NCCNc1ccccc1[N+](=O)[O-]. The van der Waals surface area contributed by atoms with Crippen LogP contribution in [-0.2, 0) is 11.2 Å². The molecular weight excluding hydrogens is 332 g/mol. The van der Waals surface area contributed by atoms with Crippen LogP contribution in [0.4, 0.5) is 11.4 Å². The number of aromatic amines is 1. The van der Waals surface area contributed by atoms with Crippen molar-refractivity contribution in [2.75, 3.05) is 18.4 Å². The van der Waals surface area contributed by atoms with Crippen molar-refractivity contribution >= 4 is 28.2 Å². The van der Waals surface area contributed by atoms with Gasteiger partial charge < -0.3 is 15.6 Å². The monoisotopic (exact) mass is 352 g/mol. The van der Waals surface area contributed by atoms with Crippen LogP contribution in [0.15, 0.2) is 48.5 Å². The molecule has 2 aromatic carbocycles.